The van der Waals surface area contributed by atoms with Gasteiger partial charge in [-0.3, -0.25) is 0 Å². The summed E-state index contributed by atoms with van der Waals surface area (Å²) in [6.45, 7) is 0.907. The van der Waals surface area contributed by atoms with Gasteiger partial charge in [0, 0.05) is 24.9 Å². The monoisotopic (exact) mass is 235 g/mol. The highest BCUT2D eigenvalue weighted by Crippen LogP contribution is 2.25. The Morgan fingerprint density at radius 3 is 3.12 bits per heavy atom. The second-order valence-corrected chi connectivity index (χ2v) is 5.19. The van der Waals surface area contributed by atoms with E-state index in [-0.39, 0.29) is 6.17 Å². The van der Waals surface area contributed by atoms with Gasteiger partial charge in [-0.2, -0.15) is 0 Å². The summed E-state index contributed by atoms with van der Waals surface area (Å²) >= 11 is 0. The van der Waals surface area contributed by atoms with Crippen LogP contribution in [0.4, 0.5) is 0 Å². The quantitative estimate of drug-likeness (QED) is 0.850. The highest BCUT2D eigenvalue weighted by atomic mass is 16.5. The van der Waals surface area contributed by atoms with Crippen LogP contribution in [0.1, 0.15) is 49.8 Å². The lowest BCUT2D eigenvalue weighted by Crippen LogP contribution is -2.29. The predicted octanol–water partition coefficient (Wildman–Crippen LogP) is 1.79. The molecule has 1 aromatic rings. The van der Waals surface area contributed by atoms with Crippen LogP contribution >= 0.6 is 0 Å². The van der Waals surface area contributed by atoms with Gasteiger partial charge in [0.15, 0.2) is 0 Å². The molecule has 94 valence electrons. The number of nitrogens with zero attached hydrogens (tertiary/aromatic N) is 2. The summed E-state index contributed by atoms with van der Waals surface area (Å²) in [6.07, 6.45) is 10.4. The number of hydrogen-bond acceptors (Lipinski definition) is 3. The Bertz CT molecular complexity index is 382. The molecule has 0 radical (unpaired) electrons. The topological polar surface area (TPSA) is 53.1 Å². The van der Waals surface area contributed by atoms with Crippen molar-refractivity contribution in [1.82, 2.24) is 9.55 Å². The van der Waals surface area contributed by atoms with Crippen molar-refractivity contribution in [3.63, 3.8) is 0 Å². The average Bonchev–Trinajstić information content (AvgIpc) is 2.75. The van der Waals surface area contributed by atoms with Crippen LogP contribution in [0.2, 0.25) is 0 Å². The standard InChI is InChI=1S/C13H21N3O/c14-12-6-3-4-10-9-15-13(16(10)12)8-11-5-1-2-7-17-11/h9,11-12H,1-8,14H2. The van der Waals surface area contributed by atoms with E-state index in [1.807, 2.05) is 6.20 Å². The minimum atomic E-state index is 0.125. The number of aromatic nitrogens is 2. The zero-order valence-corrected chi connectivity index (χ0v) is 10.3. The Morgan fingerprint density at radius 2 is 2.29 bits per heavy atom. The van der Waals surface area contributed by atoms with E-state index in [1.54, 1.807) is 0 Å². The molecule has 4 nitrogen and oxygen atoms in total. The molecule has 1 fully saturated rings. The highest BCUT2D eigenvalue weighted by molar-refractivity contribution is 5.10. The summed E-state index contributed by atoms with van der Waals surface area (Å²) < 4.78 is 8.02. The predicted molar refractivity (Wildman–Crippen MR) is 65.7 cm³/mol. The second kappa shape index (κ2) is 4.78. The van der Waals surface area contributed by atoms with Crippen LogP contribution in [0.25, 0.3) is 0 Å². The largest absolute Gasteiger partial charge is 0.378 e. The van der Waals surface area contributed by atoms with Gasteiger partial charge >= 0.3 is 0 Å². The zero-order chi connectivity index (χ0) is 11.7. The Labute approximate surface area is 102 Å². The highest BCUT2D eigenvalue weighted by Gasteiger charge is 2.23. The van der Waals surface area contributed by atoms with Gasteiger partial charge in [0.1, 0.15) is 5.82 Å². The molecule has 0 amide bonds. The summed E-state index contributed by atoms with van der Waals surface area (Å²) in [7, 11) is 0. The molecule has 0 aliphatic carbocycles. The van der Waals surface area contributed by atoms with Crippen molar-refractivity contribution in [2.75, 3.05) is 6.61 Å². The van der Waals surface area contributed by atoms with E-state index in [9.17, 15) is 0 Å². The van der Waals surface area contributed by atoms with Gasteiger partial charge in [0.05, 0.1) is 12.3 Å². The molecule has 0 saturated carbocycles. The van der Waals surface area contributed by atoms with Gasteiger partial charge in [-0.15, -0.1) is 0 Å². The minimum absolute atomic E-state index is 0.125. The molecule has 4 heteroatoms. The smallest absolute Gasteiger partial charge is 0.112 e. The van der Waals surface area contributed by atoms with E-state index in [4.69, 9.17) is 10.5 Å². The maximum absolute atomic E-state index is 6.18. The fourth-order valence-electron chi connectivity index (χ4n) is 2.97. The molecule has 0 bridgehead atoms. The van der Waals surface area contributed by atoms with Crippen LogP contribution < -0.4 is 5.73 Å². The van der Waals surface area contributed by atoms with Gasteiger partial charge in [0.2, 0.25) is 0 Å². The lowest BCUT2D eigenvalue weighted by molar-refractivity contribution is 0.0149. The minimum Gasteiger partial charge on any atom is -0.378 e. The number of nitrogens with two attached hydrogens (primary N) is 1. The molecule has 3 heterocycles. The van der Waals surface area contributed by atoms with Crippen molar-refractivity contribution >= 4 is 0 Å². The van der Waals surface area contributed by atoms with Crippen molar-refractivity contribution in [1.29, 1.82) is 0 Å². The third kappa shape index (κ3) is 2.24. The molecule has 3 rings (SSSR count). The number of aryl methyl sites for hydroxylation is 1. The van der Waals surface area contributed by atoms with E-state index in [2.05, 4.69) is 9.55 Å². The van der Waals surface area contributed by atoms with Gasteiger partial charge in [-0.25, -0.2) is 4.98 Å². The Morgan fingerprint density at radius 1 is 1.35 bits per heavy atom. The third-order valence-corrected chi connectivity index (χ3v) is 3.90. The Hall–Kier alpha value is -0.870. The number of hydrogen-bond donors (Lipinski definition) is 1. The number of ether oxygens (including phenoxy) is 1. The molecule has 0 spiro atoms. The molecule has 1 aromatic heterocycles. The summed E-state index contributed by atoms with van der Waals surface area (Å²) in [6, 6.07) is 0. The van der Waals surface area contributed by atoms with Gasteiger partial charge in [0.25, 0.3) is 0 Å². The fourth-order valence-corrected chi connectivity index (χ4v) is 2.97. The van der Waals surface area contributed by atoms with Crippen molar-refractivity contribution in [2.45, 2.75) is 57.2 Å². The maximum Gasteiger partial charge on any atom is 0.112 e. The van der Waals surface area contributed by atoms with Crippen LogP contribution in [-0.4, -0.2) is 22.3 Å². The summed E-state index contributed by atoms with van der Waals surface area (Å²) in [5.41, 5.74) is 7.48. The normalized spacial score (nSPS) is 29.0. The number of imidazole rings is 1. The summed E-state index contributed by atoms with van der Waals surface area (Å²) in [5.74, 6) is 1.12. The van der Waals surface area contributed by atoms with Crippen molar-refractivity contribution < 1.29 is 4.74 Å². The molecule has 2 aliphatic heterocycles. The van der Waals surface area contributed by atoms with E-state index in [0.717, 1.165) is 38.1 Å². The first-order valence-electron chi connectivity index (χ1n) is 6.77. The van der Waals surface area contributed by atoms with Crippen molar-refractivity contribution in [3.05, 3.63) is 17.7 Å². The molecule has 2 aliphatic rings. The molecule has 1 saturated heterocycles. The lowest BCUT2D eigenvalue weighted by atomic mass is 10.0. The van der Waals surface area contributed by atoms with Crippen LogP contribution in [-0.2, 0) is 17.6 Å². The summed E-state index contributed by atoms with van der Waals surface area (Å²) in [5, 5.41) is 0. The second-order valence-electron chi connectivity index (χ2n) is 5.19. The maximum atomic E-state index is 6.18. The van der Waals surface area contributed by atoms with E-state index < -0.39 is 0 Å². The summed E-state index contributed by atoms with van der Waals surface area (Å²) in [4.78, 5) is 4.55. The molecular weight excluding hydrogens is 214 g/mol. The van der Waals surface area contributed by atoms with E-state index in [1.165, 1.54) is 25.0 Å². The molecule has 17 heavy (non-hydrogen) atoms. The number of fused-ring (bicyclic) bond motifs is 1. The fraction of sp³-hybridized carbons (Fsp3) is 0.769. The first-order chi connectivity index (χ1) is 8.34. The average molecular weight is 235 g/mol. The van der Waals surface area contributed by atoms with Crippen molar-refractivity contribution in [3.8, 4) is 0 Å². The molecule has 2 unspecified atom stereocenters. The van der Waals surface area contributed by atoms with Gasteiger partial charge < -0.3 is 15.0 Å². The Balaban J connectivity index is 1.76. The lowest BCUT2D eigenvalue weighted by Gasteiger charge is -2.26. The van der Waals surface area contributed by atoms with Crippen LogP contribution in [0.5, 0.6) is 0 Å². The molecule has 2 atom stereocenters. The Kier molecular flexibility index (Phi) is 3.16. The first-order valence-corrected chi connectivity index (χ1v) is 6.77. The van der Waals surface area contributed by atoms with Crippen molar-refractivity contribution in [2.24, 2.45) is 5.73 Å². The van der Waals surface area contributed by atoms with Gasteiger partial charge in [-0.05, 0) is 38.5 Å². The van der Waals surface area contributed by atoms with Crippen LogP contribution in [0.3, 0.4) is 0 Å². The molecular formula is C13H21N3O. The molecule has 2 N–H and O–H groups in total. The van der Waals surface area contributed by atoms with Gasteiger partial charge in [-0.1, -0.05) is 0 Å². The van der Waals surface area contributed by atoms with Crippen LogP contribution in [0, 0.1) is 0 Å². The zero-order valence-electron chi connectivity index (χ0n) is 10.3. The SMILES string of the molecule is NC1CCCc2cnc(CC3CCCCO3)n21. The van der Waals surface area contributed by atoms with E-state index in [0.29, 0.717) is 6.10 Å². The van der Waals surface area contributed by atoms with Crippen LogP contribution in [0.15, 0.2) is 6.20 Å². The number of rotatable bonds is 2. The molecule has 0 aromatic carbocycles. The van der Waals surface area contributed by atoms with E-state index >= 15 is 0 Å². The third-order valence-electron chi connectivity index (χ3n) is 3.90. The first kappa shape index (κ1) is 11.2.